The molecular weight excluding hydrogens is 252 g/mol. The predicted molar refractivity (Wildman–Crippen MR) is 65.6 cm³/mol. The summed E-state index contributed by atoms with van der Waals surface area (Å²) < 4.78 is 0.922. The minimum Gasteiger partial charge on any atom is -0.310 e. The third-order valence-corrected chi connectivity index (χ3v) is 3.42. The normalized spacial score (nSPS) is 17.9. The molecule has 0 radical (unpaired) electrons. The van der Waals surface area contributed by atoms with Crippen molar-refractivity contribution < 1.29 is 0 Å². The fourth-order valence-corrected chi connectivity index (χ4v) is 2.53. The van der Waals surface area contributed by atoms with E-state index in [0.29, 0.717) is 0 Å². The number of hydrogen-bond acceptors (Lipinski definition) is 2. The van der Waals surface area contributed by atoms with Crippen LogP contribution in [0.15, 0.2) is 22.9 Å². The zero-order chi connectivity index (χ0) is 10.5. The summed E-state index contributed by atoms with van der Waals surface area (Å²) in [6, 6.07) is 4.88. The molecule has 0 unspecified atom stereocenters. The Morgan fingerprint density at radius 2 is 2.13 bits per heavy atom. The highest BCUT2D eigenvalue weighted by Crippen LogP contribution is 2.18. The Kier molecular flexibility index (Phi) is 4.15. The SMILES string of the molecule is Brc1cc(CNC2CCCCC2)ccn1. The van der Waals surface area contributed by atoms with Gasteiger partial charge in [-0.1, -0.05) is 19.3 Å². The van der Waals surface area contributed by atoms with Gasteiger partial charge >= 0.3 is 0 Å². The number of pyridine rings is 1. The first-order valence-corrected chi connectivity index (χ1v) is 6.48. The molecule has 0 aliphatic heterocycles. The van der Waals surface area contributed by atoms with E-state index in [1.54, 1.807) is 0 Å². The fourth-order valence-electron chi connectivity index (χ4n) is 2.12. The van der Waals surface area contributed by atoms with E-state index in [9.17, 15) is 0 Å². The van der Waals surface area contributed by atoms with Crippen LogP contribution >= 0.6 is 15.9 Å². The summed E-state index contributed by atoms with van der Waals surface area (Å²) >= 11 is 3.39. The number of nitrogens with one attached hydrogen (secondary N) is 1. The van der Waals surface area contributed by atoms with E-state index in [0.717, 1.165) is 17.2 Å². The molecule has 0 aromatic carbocycles. The average Bonchev–Trinajstić information content (AvgIpc) is 2.28. The number of hydrogen-bond donors (Lipinski definition) is 1. The maximum Gasteiger partial charge on any atom is 0.106 e. The summed E-state index contributed by atoms with van der Waals surface area (Å²) in [5.74, 6) is 0. The molecule has 1 heterocycles. The van der Waals surface area contributed by atoms with Gasteiger partial charge < -0.3 is 5.32 Å². The summed E-state index contributed by atoms with van der Waals surface area (Å²) in [4.78, 5) is 4.12. The lowest BCUT2D eigenvalue weighted by atomic mass is 9.95. The third kappa shape index (κ3) is 3.58. The Labute approximate surface area is 99.6 Å². The molecule has 0 bridgehead atoms. The third-order valence-electron chi connectivity index (χ3n) is 2.99. The summed E-state index contributed by atoms with van der Waals surface area (Å²) in [6.07, 6.45) is 8.72. The van der Waals surface area contributed by atoms with Crippen LogP contribution in [0.1, 0.15) is 37.7 Å². The Hall–Kier alpha value is -0.410. The monoisotopic (exact) mass is 268 g/mol. The first kappa shape index (κ1) is 11.1. The minimum atomic E-state index is 0.727. The molecule has 1 aliphatic rings. The molecule has 2 rings (SSSR count). The molecule has 0 atom stereocenters. The molecule has 0 amide bonds. The molecule has 0 saturated heterocycles. The molecule has 1 N–H and O–H groups in total. The van der Waals surface area contributed by atoms with Gasteiger partial charge in [-0.2, -0.15) is 0 Å². The van der Waals surface area contributed by atoms with Crippen LogP contribution < -0.4 is 5.32 Å². The van der Waals surface area contributed by atoms with E-state index in [1.807, 2.05) is 6.20 Å². The number of halogens is 1. The van der Waals surface area contributed by atoms with Crippen LogP contribution in [0, 0.1) is 0 Å². The molecule has 0 spiro atoms. The highest BCUT2D eigenvalue weighted by molar-refractivity contribution is 9.10. The summed E-state index contributed by atoms with van der Waals surface area (Å²) in [5, 5.41) is 3.62. The molecule has 1 aliphatic carbocycles. The zero-order valence-electron chi connectivity index (χ0n) is 8.88. The van der Waals surface area contributed by atoms with Crippen molar-refractivity contribution in [1.29, 1.82) is 0 Å². The second-order valence-corrected chi connectivity index (χ2v) is 5.02. The van der Waals surface area contributed by atoms with E-state index in [-0.39, 0.29) is 0 Å². The smallest absolute Gasteiger partial charge is 0.106 e. The van der Waals surface area contributed by atoms with Crippen LogP contribution in [0.5, 0.6) is 0 Å². The van der Waals surface area contributed by atoms with Gasteiger partial charge in [0.1, 0.15) is 4.60 Å². The van der Waals surface area contributed by atoms with Crippen molar-refractivity contribution >= 4 is 15.9 Å². The zero-order valence-corrected chi connectivity index (χ0v) is 10.5. The molecule has 2 nitrogen and oxygen atoms in total. The van der Waals surface area contributed by atoms with Crippen molar-refractivity contribution in [3.63, 3.8) is 0 Å². The lowest BCUT2D eigenvalue weighted by Crippen LogP contribution is -2.30. The van der Waals surface area contributed by atoms with Gasteiger partial charge in [-0.15, -0.1) is 0 Å². The van der Waals surface area contributed by atoms with E-state index in [1.165, 1.54) is 37.7 Å². The van der Waals surface area contributed by atoms with E-state index in [2.05, 4.69) is 38.4 Å². The largest absolute Gasteiger partial charge is 0.310 e. The Morgan fingerprint density at radius 1 is 1.33 bits per heavy atom. The van der Waals surface area contributed by atoms with Crippen LogP contribution in [0.25, 0.3) is 0 Å². The van der Waals surface area contributed by atoms with E-state index < -0.39 is 0 Å². The van der Waals surface area contributed by atoms with Gasteiger partial charge in [-0.25, -0.2) is 4.98 Å². The summed E-state index contributed by atoms with van der Waals surface area (Å²) in [5.41, 5.74) is 1.31. The molecular formula is C12H17BrN2. The average molecular weight is 269 g/mol. The van der Waals surface area contributed by atoms with Crippen molar-refractivity contribution in [2.24, 2.45) is 0 Å². The van der Waals surface area contributed by atoms with Gasteiger partial charge in [0.05, 0.1) is 0 Å². The molecule has 1 aromatic rings. The van der Waals surface area contributed by atoms with Gasteiger partial charge in [0.15, 0.2) is 0 Å². The Bertz CT molecular complexity index is 308. The second kappa shape index (κ2) is 5.61. The fraction of sp³-hybridized carbons (Fsp3) is 0.583. The number of rotatable bonds is 3. The molecule has 1 saturated carbocycles. The van der Waals surface area contributed by atoms with Crippen LogP contribution in [0.4, 0.5) is 0 Å². The van der Waals surface area contributed by atoms with Crippen LogP contribution in [0.2, 0.25) is 0 Å². The van der Waals surface area contributed by atoms with Gasteiger partial charge in [0.25, 0.3) is 0 Å². The van der Waals surface area contributed by atoms with Crippen molar-refractivity contribution in [3.8, 4) is 0 Å². The van der Waals surface area contributed by atoms with Crippen LogP contribution in [0.3, 0.4) is 0 Å². The maximum atomic E-state index is 4.12. The number of aromatic nitrogens is 1. The highest BCUT2D eigenvalue weighted by Gasteiger charge is 2.12. The molecule has 1 aromatic heterocycles. The molecule has 3 heteroatoms. The lowest BCUT2D eigenvalue weighted by Gasteiger charge is -2.22. The van der Waals surface area contributed by atoms with Crippen molar-refractivity contribution in [3.05, 3.63) is 28.5 Å². The van der Waals surface area contributed by atoms with Gasteiger partial charge in [0.2, 0.25) is 0 Å². The maximum absolute atomic E-state index is 4.12. The predicted octanol–water partition coefficient (Wildman–Crippen LogP) is 3.27. The quantitative estimate of drug-likeness (QED) is 0.852. The molecule has 82 valence electrons. The Balaban J connectivity index is 1.81. The van der Waals surface area contributed by atoms with Gasteiger partial charge in [-0.05, 0) is 46.5 Å². The van der Waals surface area contributed by atoms with Crippen molar-refractivity contribution in [2.75, 3.05) is 0 Å². The van der Waals surface area contributed by atoms with Crippen molar-refractivity contribution in [1.82, 2.24) is 10.3 Å². The van der Waals surface area contributed by atoms with E-state index in [4.69, 9.17) is 0 Å². The first-order chi connectivity index (χ1) is 7.34. The highest BCUT2D eigenvalue weighted by atomic mass is 79.9. The first-order valence-electron chi connectivity index (χ1n) is 5.68. The van der Waals surface area contributed by atoms with Gasteiger partial charge in [0, 0.05) is 18.8 Å². The Morgan fingerprint density at radius 3 is 2.87 bits per heavy atom. The molecule has 15 heavy (non-hydrogen) atoms. The lowest BCUT2D eigenvalue weighted by molar-refractivity contribution is 0.372. The molecule has 1 fully saturated rings. The second-order valence-electron chi connectivity index (χ2n) is 4.20. The van der Waals surface area contributed by atoms with Crippen LogP contribution in [-0.2, 0) is 6.54 Å². The summed E-state index contributed by atoms with van der Waals surface area (Å²) in [7, 11) is 0. The van der Waals surface area contributed by atoms with Crippen molar-refractivity contribution in [2.45, 2.75) is 44.7 Å². The minimum absolute atomic E-state index is 0.727. The number of nitrogens with zero attached hydrogens (tertiary/aromatic N) is 1. The van der Waals surface area contributed by atoms with E-state index >= 15 is 0 Å². The van der Waals surface area contributed by atoms with Crippen LogP contribution in [-0.4, -0.2) is 11.0 Å². The standard InChI is InChI=1S/C12H17BrN2/c13-12-8-10(6-7-14-12)9-15-11-4-2-1-3-5-11/h6-8,11,15H,1-5,9H2. The topological polar surface area (TPSA) is 24.9 Å². The van der Waals surface area contributed by atoms with Gasteiger partial charge in [-0.3, -0.25) is 0 Å². The summed E-state index contributed by atoms with van der Waals surface area (Å²) in [6.45, 7) is 0.964.